The maximum absolute atomic E-state index is 5.47. The second kappa shape index (κ2) is 4.61. The van der Waals surface area contributed by atoms with Gasteiger partial charge in [0, 0.05) is 11.3 Å². The minimum Gasteiger partial charge on any atom is -0.496 e. The van der Waals surface area contributed by atoms with Gasteiger partial charge in [0.1, 0.15) is 5.75 Å². The number of benzene rings is 2. The zero-order valence-electron chi connectivity index (χ0n) is 11.7. The van der Waals surface area contributed by atoms with E-state index in [-0.39, 0.29) is 0 Å². The van der Waals surface area contributed by atoms with Crippen molar-refractivity contribution in [2.45, 2.75) is 26.3 Å². The molecule has 0 saturated carbocycles. The number of para-hydroxylation sites is 1. The highest BCUT2D eigenvalue weighted by Gasteiger charge is 2.25. The Labute approximate surface area is 114 Å². The maximum atomic E-state index is 5.47. The van der Waals surface area contributed by atoms with E-state index in [1.54, 1.807) is 7.11 Å². The molecular formula is C17H19NO. The first kappa shape index (κ1) is 12.1. The number of hydrogen-bond acceptors (Lipinski definition) is 2. The highest BCUT2D eigenvalue weighted by atomic mass is 16.5. The highest BCUT2D eigenvalue weighted by molar-refractivity contribution is 5.63. The van der Waals surface area contributed by atoms with Crippen molar-refractivity contribution in [3.63, 3.8) is 0 Å². The Morgan fingerprint density at radius 1 is 1.16 bits per heavy atom. The summed E-state index contributed by atoms with van der Waals surface area (Å²) in [5, 5.41) is 3.63. The van der Waals surface area contributed by atoms with Gasteiger partial charge in [-0.2, -0.15) is 0 Å². The third-order valence-electron chi connectivity index (χ3n) is 3.87. The summed E-state index contributed by atoms with van der Waals surface area (Å²) in [5.74, 6) is 0.960. The summed E-state index contributed by atoms with van der Waals surface area (Å²) in [6.45, 7) is 4.34. The molecule has 3 rings (SSSR count). The molecule has 0 aliphatic carbocycles. The molecule has 1 aliphatic heterocycles. The second-order valence-corrected chi connectivity index (χ2v) is 5.25. The van der Waals surface area contributed by atoms with E-state index in [0.29, 0.717) is 6.04 Å². The van der Waals surface area contributed by atoms with E-state index in [1.807, 2.05) is 12.1 Å². The lowest BCUT2D eigenvalue weighted by Gasteiger charge is -2.15. The summed E-state index contributed by atoms with van der Waals surface area (Å²) in [6.07, 6.45) is 1.03. The fourth-order valence-corrected chi connectivity index (χ4v) is 2.98. The molecule has 2 heteroatoms. The van der Waals surface area contributed by atoms with Gasteiger partial charge in [-0.3, -0.25) is 0 Å². The van der Waals surface area contributed by atoms with Crippen LogP contribution in [0.1, 0.15) is 28.3 Å². The molecule has 19 heavy (non-hydrogen) atoms. The van der Waals surface area contributed by atoms with Crippen molar-refractivity contribution in [3.05, 3.63) is 58.7 Å². The zero-order chi connectivity index (χ0) is 13.4. The molecule has 1 N–H and O–H groups in total. The van der Waals surface area contributed by atoms with Crippen molar-refractivity contribution >= 4 is 5.69 Å². The lowest BCUT2D eigenvalue weighted by atomic mass is 9.98. The number of fused-ring (bicyclic) bond motifs is 1. The van der Waals surface area contributed by atoms with E-state index < -0.39 is 0 Å². The molecular weight excluding hydrogens is 234 g/mol. The molecule has 2 aromatic carbocycles. The van der Waals surface area contributed by atoms with Crippen molar-refractivity contribution in [1.29, 1.82) is 0 Å². The van der Waals surface area contributed by atoms with E-state index in [4.69, 9.17) is 4.74 Å². The Morgan fingerprint density at radius 2 is 1.95 bits per heavy atom. The Morgan fingerprint density at radius 3 is 2.74 bits per heavy atom. The molecule has 0 fully saturated rings. The molecule has 1 aliphatic rings. The van der Waals surface area contributed by atoms with Crippen LogP contribution in [0.2, 0.25) is 0 Å². The summed E-state index contributed by atoms with van der Waals surface area (Å²) in [7, 11) is 1.73. The van der Waals surface area contributed by atoms with Crippen molar-refractivity contribution < 1.29 is 4.74 Å². The molecule has 0 spiro atoms. The molecule has 0 aromatic heterocycles. The normalized spacial score (nSPS) is 16.9. The molecule has 2 aromatic rings. The summed E-state index contributed by atoms with van der Waals surface area (Å²) in [4.78, 5) is 0. The van der Waals surface area contributed by atoms with Crippen LogP contribution in [-0.2, 0) is 6.42 Å². The minimum absolute atomic E-state index is 0.312. The van der Waals surface area contributed by atoms with Gasteiger partial charge in [-0.25, -0.2) is 0 Å². The van der Waals surface area contributed by atoms with Crippen LogP contribution < -0.4 is 10.1 Å². The average molecular weight is 253 g/mol. The largest absolute Gasteiger partial charge is 0.496 e. The topological polar surface area (TPSA) is 21.3 Å². The molecule has 1 unspecified atom stereocenters. The quantitative estimate of drug-likeness (QED) is 0.872. The fourth-order valence-electron chi connectivity index (χ4n) is 2.98. The SMILES string of the molecule is COc1ccccc1C1Cc2c(C)cc(C)cc2N1. The molecule has 0 amide bonds. The molecule has 98 valence electrons. The standard InChI is InChI=1S/C17H19NO/c1-11-8-12(2)14-10-16(18-15(14)9-11)13-6-4-5-7-17(13)19-3/h4-9,16,18H,10H2,1-3H3. The number of rotatable bonds is 2. The van der Waals surface area contributed by atoms with E-state index in [0.717, 1.165) is 12.2 Å². The summed E-state index contributed by atoms with van der Waals surface area (Å²) in [5.41, 5.74) is 6.62. The van der Waals surface area contributed by atoms with Crippen LogP contribution in [0.3, 0.4) is 0 Å². The van der Waals surface area contributed by atoms with Gasteiger partial charge in [0.25, 0.3) is 0 Å². The van der Waals surface area contributed by atoms with E-state index in [2.05, 4.69) is 43.4 Å². The summed E-state index contributed by atoms with van der Waals surface area (Å²) in [6, 6.07) is 13.1. The van der Waals surface area contributed by atoms with Crippen LogP contribution in [0.4, 0.5) is 5.69 Å². The zero-order valence-corrected chi connectivity index (χ0v) is 11.7. The monoisotopic (exact) mass is 253 g/mol. The molecule has 0 saturated heterocycles. The smallest absolute Gasteiger partial charge is 0.124 e. The second-order valence-electron chi connectivity index (χ2n) is 5.25. The Balaban J connectivity index is 1.98. The van der Waals surface area contributed by atoms with Crippen LogP contribution in [0.5, 0.6) is 5.75 Å². The first-order valence-electron chi connectivity index (χ1n) is 6.68. The average Bonchev–Trinajstić information content (AvgIpc) is 2.82. The molecule has 0 bridgehead atoms. The van der Waals surface area contributed by atoms with Crippen molar-refractivity contribution in [1.82, 2.24) is 0 Å². The number of anilines is 1. The van der Waals surface area contributed by atoms with Crippen molar-refractivity contribution in [3.8, 4) is 5.75 Å². The minimum atomic E-state index is 0.312. The van der Waals surface area contributed by atoms with Crippen molar-refractivity contribution in [2.75, 3.05) is 12.4 Å². The Hall–Kier alpha value is -1.96. The summed E-state index contributed by atoms with van der Waals surface area (Å²) < 4.78 is 5.47. The maximum Gasteiger partial charge on any atom is 0.124 e. The van der Waals surface area contributed by atoms with Crippen molar-refractivity contribution in [2.24, 2.45) is 0 Å². The fraction of sp³-hybridized carbons (Fsp3) is 0.294. The van der Waals surface area contributed by atoms with E-state index >= 15 is 0 Å². The molecule has 2 nitrogen and oxygen atoms in total. The number of ether oxygens (including phenoxy) is 1. The lowest BCUT2D eigenvalue weighted by Crippen LogP contribution is -2.07. The van der Waals surface area contributed by atoms with Gasteiger partial charge in [0.2, 0.25) is 0 Å². The number of hydrogen-bond donors (Lipinski definition) is 1. The van der Waals surface area contributed by atoms with Crippen LogP contribution in [-0.4, -0.2) is 7.11 Å². The third kappa shape index (κ3) is 2.07. The number of methoxy groups -OCH3 is 1. The molecule has 0 radical (unpaired) electrons. The van der Waals surface area contributed by atoms with Gasteiger partial charge in [-0.15, -0.1) is 0 Å². The van der Waals surface area contributed by atoms with Gasteiger partial charge in [0.15, 0.2) is 0 Å². The van der Waals surface area contributed by atoms with Crippen LogP contribution >= 0.6 is 0 Å². The van der Waals surface area contributed by atoms with Crippen LogP contribution in [0.15, 0.2) is 36.4 Å². The van der Waals surface area contributed by atoms with Crippen LogP contribution in [0, 0.1) is 13.8 Å². The van der Waals surface area contributed by atoms with E-state index in [1.165, 1.54) is 27.9 Å². The predicted octanol–water partition coefficient (Wildman–Crippen LogP) is 4.02. The molecule has 1 atom stereocenters. The third-order valence-corrected chi connectivity index (χ3v) is 3.87. The van der Waals surface area contributed by atoms with Gasteiger partial charge in [-0.05, 0) is 49.1 Å². The lowest BCUT2D eigenvalue weighted by molar-refractivity contribution is 0.407. The predicted molar refractivity (Wildman–Crippen MR) is 79.0 cm³/mol. The number of nitrogens with one attached hydrogen (secondary N) is 1. The molecule has 1 heterocycles. The summed E-state index contributed by atoms with van der Waals surface area (Å²) >= 11 is 0. The van der Waals surface area contributed by atoms with E-state index in [9.17, 15) is 0 Å². The van der Waals surface area contributed by atoms with Crippen LogP contribution in [0.25, 0.3) is 0 Å². The number of aryl methyl sites for hydroxylation is 2. The first-order chi connectivity index (χ1) is 9.19. The Kier molecular flexibility index (Phi) is 2.94. The van der Waals surface area contributed by atoms with Gasteiger partial charge >= 0.3 is 0 Å². The Bertz CT molecular complexity index is 619. The first-order valence-corrected chi connectivity index (χ1v) is 6.68. The van der Waals surface area contributed by atoms with Gasteiger partial charge in [0.05, 0.1) is 13.2 Å². The highest BCUT2D eigenvalue weighted by Crippen LogP contribution is 2.39. The van der Waals surface area contributed by atoms with Gasteiger partial charge in [-0.1, -0.05) is 24.3 Å². The van der Waals surface area contributed by atoms with Gasteiger partial charge < -0.3 is 10.1 Å².